The van der Waals surface area contributed by atoms with Crippen molar-refractivity contribution in [3.8, 4) is 11.5 Å². The Labute approximate surface area is 83.6 Å². The second-order valence-corrected chi connectivity index (χ2v) is 2.78. The van der Waals surface area contributed by atoms with E-state index in [1.807, 2.05) is 25.1 Å². The molecule has 76 valence electrons. The minimum atomic E-state index is 0.123. The van der Waals surface area contributed by atoms with Gasteiger partial charge in [-0.05, 0) is 24.6 Å². The summed E-state index contributed by atoms with van der Waals surface area (Å²) in [6.45, 7) is 2.06. The van der Waals surface area contributed by atoms with E-state index in [-0.39, 0.29) is 12.5 Å². The van der Waals surface area contributed by atoms with Crippen LogP contribution in [0.4, 0.5) is 0 Å². The fraction of sp³-hybridized carbons (Fsp3) is 0.273. The predicted octanol–water partition coefficient (Wildman–Crippen LogP) is 2.41. The van der Waals surface area contributed by atoms with Crippen LogP contribution in [-0.4, -0.2) is 19.0 Å². The molecule has 0 bridgehead atoms. The highest BCUT2D eigenvalue weighted by Crippen LogP contribution is 2.27. The molecule has 14 heavy (non-hydrogen) atoms. The number of benzene rings is 1. The highest BCUT2D eigenvalue weighted by atomic mass is 16.7. The molecular formula is C11H14O3. The van der Waals surface area contributed by atoms with Gasteiger partial charge in [0, 0.05) is 7.11 Å². The molecule has 0 amide bonds. The highest BCUT2D eigenvalue weighted by molar-refractivity contribution is 5.55. The molecule has 3 heteroatoms. The van der Waals surface area contributed by atoms with Gasteiger partial charge in [-0.25, -0.2) is 0 Å². The maximum absolute atomic E-state index is 9.53. The van der Waals surface area contributed by atoms with Gasteiger partial charge in [-0.2, -0.15) is 0 Å². The zero-order valence-electron chi connectivity index (χ0n) is 8.36. The molecule has 1 aromatic rings. The summed E-state index contributed by atoms with van der Waals surface area (Å²) < 4.78 is 9.85. The number of phenols is 1. The van der Waals surface area contributed by atoms with Crippen LogP contribution in [0.3, 0.4) is 0 Å². The van der Waals surface area contributed by atoms with Gasteiger partial charge in [-0.3, -0.25) is 0 Å². The van der Waals surface area contributed by atoms with E-state index in [2.05, 4.69) is 0 Å². The molecule has 1 N–H and O–H groups in total. The monoisotopic (exact) mass is 194 g/mol. The van der Waals surface area contributed by atoms with E-state index in [9.17, 15) is 5.11 Å². The van der Waals surface area contributed by atoms with Crippen molar-refractivity contribution in [1.82, 2.24) is 0 Å². The quantitative estimate of drug-likeness (QED) is 0.748. The molecule has 0 aromatic heterocycles. The summed E-state index contributed by atoms with van der Waals surface area (Å²) in [6.07, 6.45) is 3.81. The minimum Gasteiger partial charge on any atom is -0.504 e. The van der Waals surface area contributed by atoms with E-state index in [1.54, 1.807) is 12.1 Å². The molecule has 0 aliphatic rings. The second kappa shape index (κ2) is 5.29. The number of aromatic hydroxyl groups is 1. The molecule has 1 aromatic carbocycles. The van der Waals surface area contributed by atoms with Gasteiger partial charge in [0.05, 0.1) is 0 Å². The zero-order chi connectivity index (χ0) is 10.4. The molecular weight excluding hydrogens is 180 g/mol. The third-order valence-corrected chi connectivity index (χ3v) is 1.67. The maximum Gasteiger partial charge on any atom is 0.188 e. The normalized spacial score (nSPS) is 10.7. The van der Waals surface area contributed by atoms with Crippen LogP contribution in [0.25, 0.3) is 6.08 Å². The molecule has 0 aliphatic carbocycles. The Bertz CT molecular complexity index is 318. The van der Waals surface area contributed by atoms with Gasteiger partial charge in [-0.15, -0.1) is 0 Å². The number of ether oxygens (including phenoxy) is 2. The van der Waals surface area contributed by atoms with Crippen LogP contribution in [-0.2, 0) is 4.74 Å². The number of phenolic OH excluding ortho intramolecular Hbond substituents is 1. The fourth-order valence-corrected chi connectivity index (χ4v) is 1.07. The SMILES string of the molecule is C/C=C/c1ccc(OCOC)c(O)c1. The zero-order valence-corrected chi connectivity index (χ0v) is 8.36. The molecule has 0 aliphatic heterocycles. The first-order valence-corrected chi connectivity index (χ1v) is 4.35. The summed E-state index contributed by atoms with van der Waals surface area (Å²) in [6, 6.07) is 5.22. The summed E-state index contributed by atoms with van der Waals surface area (Å²) in [5.41, 5.74) is 0.940. The van der Waals surface area contributed by atoms with E-state index in [0.717, 1.165) is 5.56 Å². The van der Waals surface area contributed by atoms with Crippen LogP contribution >= 0.6 is 0 Å². The van der Waals surface area contributed by atoms with Gasteiger partial charge in [0.2, 0.25) is 0 Å². The summed E-state index contributed by atoms with van der Waals surface area (Å²) >= 11 is 0. The molecule has 3 nitrogen and oxygen atoms in total. The standard InChI is InChI=1S/C11H14O3/c1-3-4-9-5-6-11(10(12)7-9)14-8-13-2/h3-7,12H,8H2,1-2H3/b4-3+. The molecule has 0 unspecified atom stereocenters. The van der Waals surface area contributed by atoms with Crippen LogP contribution in [0.15, 0.2) is 24.3 Å². The highest BCUT2D eigenvalue weighted by Gasteiger charge is 2.01. The number of hydrogen-bond acceptors (Lipinski definition) is 3. The third kappa shape index (κ3) is 2.78. The number of rotatable bonds is 4. The van der Waals surface area contributed by atoms with Crippen molar-refractivity contribution < 1.29 is 14.6 Å². The van der Waals surface area contributed by atoms with E-state index in [1.165, 1.54) is 7.11 Å². The smallest absolute Gasteiger partial charge is 0.188 e. The van der Waals surface area contributed by atoms with Crippen LogP contribution in [0.1, 0.15) is 12.5 Å². The van der Waals surface area contributed by atoms with E-state index in [0.29, 0.717) is 5.75 Å². The van der Waals surface area contributed by atoms with E-state index in [4.69, 9.17) is 9.47 Å². The van der Waals surface area contributed by atoms with Crippen molar-refractivity contribution in [3.05, 3.63) is 29.8 Å². The Kier molecular flexibility index (Phi) is 4.01. The topological polar surface area (TPSA) is 38.7 Å². The predicted molar refractivity (Wildman–Crippen MR) is 55.3 cm³/mol. The van der Waals surface area contributed by atoms with Crippen molar-refractivity contribution in [2.75, 3.05) is 13.9 Å². The number of allylic oxidation sites excluding steroid dienone is 1. The molecule has 0 saturated carbocycles. The average Bonchev–Trinajstić information content (AvgIpc) is 2.17. The van der Waals surface area contributed by atoms with Crippen molar-refractivity contribution in [2.24, 2.45) is 0 Å². The van der Waals surface area contributed by atoms with Gasteiger partial charge in [0.1, 0.15) is 0 Å². The van der Waals surface area contributed by atoms with Gasteiger partial charge >= 0.3 is 0 Å². The Morgan fingerprint density at radius 2 is 2.21 bits per heavy atom. The molecule has 0 atom stereocenters. The van der Waals surface area contributed by atoms with Gasteiger partial charge in [0.15, 0.2) is 18.3 Å². The lowest BCUT2D eigenvalue weighted by Crippen LogP contribution is -1.98. The summed E-state index contributed by atoms with van der Waals surface area (Å²) in [7, 11) is 1.53. The van der Waals surface area contributed by atoms with Crippen LogP contribution < -0.4 is 4.74 Å². The molecule has 0 radical (unpaired) electrons. The van der Waals surface area contributed by atoms with Crippen molar-refractivity contribution in [2.45, 2.75) is 6.92 Å². The van der Waals surface area contributed by atoms with Crippen molar-refractivity contribution in [1.29, 1.82) is 0 Å². The van der Waals surface area contributed by atoms with E-state index >= 15 is 0 Å². The summed E-state index contributed by atoms with van der Waals surface area (Å²) in [4.78, 5) is 0. The van der Waals surface area contributed by atoms with Gasteiger partial charge in [-0.1, -0.05) is 18.2 Å². The lowest BCUT2D eigenvalue weighted by molar-refractivity contribution is 0.0492. The summed E-state index contributed by atoms with van der Waals surface area (Å²) in [5.74, 6) is 0.553. The molecule has 0 spiro atoms. The molecule has 0 fully saturated rings. The Morgan fingerprint density at radius 1 is 1.43 bits per heavy atom. The lowest BCUT2D eigenvalue weighted by Gasteiger charge is -2.06. The van der Waals surface area contributed by atoms with Crippen LogP contribution in [0, 0.1) is 0 Å². The van der Waals surface area contributed by atoms with Crippen molar-refractivity contribution >= 4 is 6.08 Å². The molecule has 1 rings (SSSR count). The number of hydrogen-bond donors (Lipinski definition) is 1. The van der Waals surface area contributed by atoms with Gasteiger partial charge < -0.3 is 14.6 Å². The Morgan fingerprint density at radius 3 is 2.79 bits per heavy atom. The number of methoxy groups -OCH3 is 1. The third-order valence-electron chi connectivity index (χ3n) is 1.67. The van der Waals surface area contributed by atoms with Crippen LogP contribution in [0.2, 0.25) is 0 Å². The Hall–Kier alpha value is -1.48. The summed E-state index contributed by atoms with van der Waals surface area (Å²) in [5, 5.41) is 9.53. The first-order chi connectivity index (χ1) is 6.77. The van der Waals surface area contributed by atoms with Crippen LogP contribution in [0.5, 0.6) is 11.5 Å². The van der Waals surface area contributed by atoms with E-state index < -0.39 is 0 Å². The first-order valence-electron chi connectivity index (χ1n) is 4.35. The second-order valence-electron chi connectivity index (χ2n) is 2.78. The Balaban J connectivity index is 2.79. The molecule has 0 saturated heterocycles. The maximum atomic E-state index is 9.53. The van der Waals surface area contributed by atoms with Gasteiger partial charge in [0.25, 0.3) is 0 Å². The largest absolute Gasteiger partial charge is 0.504 e. The molecule has 0 heterocycles. The average molecular weight is 194 g/mol. The first kappa shape index (κ1) is 10.6. The fourth-order valence-electron chi connectivity index (χ4n) is 1.07. The van der Waals surface area contributed by atoms with Crippen molar-refractivity contribution in [3.63, 3.8) is 0 Å². The lowest BCUT2D eigenvalue weighted by atomic mass is 10.2. The minimum absolute atomic E-state index is 0.123.